The topological polar surface area (TPSA) is 85.5 Å². The van der Waals surface area contributed by atoms with Crippen LogP contribution in [0, 0.1) is 12.7 Å². The Bertz CT molecular complexity index is 1800. The maximum Gasteiger partial charge on any atom is 0.419 e. The fourth-order valence-electron chi connectivity index (χ4n) is 5.82. The molecule has 0 spiro atoms. The minimum atomic E-state index is -4.92. The average molecular weight is 641 g/mol. The Hall–Kier alpha value is -4.68. The molecule has 1 aliphatic rings. The maximum atomic E-state index is 14.2. The number of nitrogens with zero attached hydrogens (tertiary/aromatic N) is 6. The van der Waals surface area contributed by atoms with E-state index in [1.165, 1.54) is 15.5 Å². The van der Waals surface area contributed by atoms with E-state index in [2.05, 4.69) is 5.10 Å². The summed E-state index contributed by atoms with van der Waals surface area (Å²) in [5, 5.41) is 4.38. The first kappa shape index (κ1) is 32.7. The number of carbonyl (C=O) groups excluding carboxylic acids is 1. The summed E-state index contributed by atoms with van der Waals surface area (Å²) < 4.78 is 63.2. The Morgan fingerprint density at radius 2 is 1.83 bits per heavy atom. The van der Waals surface area contributed by atoms with Crippen LogP contribution in [-0.2, 0) is 37.4 Å². The Labute approximate surface area is 264 Å². The van der Waals surface area contributed by atoms with Crippen LogP contribution in [0.5, 0.6) is 5.75 Å². The first-order valence-electron chi connectivity index (χ1n) is 15.0. The van der Waals surface area contributed by atoms with Gasteiger partial charge in [-0.2, -0.15) is 18.3 Å². The van der Waals surface area contributed by atoms with Gasteiger partial charge in [0.1, 0.15) is 23.2 Å². The Morgan fingerprint density at radius 3 is 2.46 bits per heavy atom. The van der Waals surface area contributed by atoms with Gasteiger partial charge in [-0.25, -0.2) is 9.37 Å². The summed E-state index contributed by atoms with van der Waals surface area (Å²) in [6.45, 7) is 6.60. The molecule has 0 fully saturated rings. The van der Waals surface area contributed by atoms with E-state index < -0.39 is 35.9 Å². The number of carbonyl (C=O) groups is 1. The van der Waals surface area contributed by atoms with Gasteiger partial charge >= 0.3 is 6.18 Å². The van der Waals surface area contributed by atoms with Crippen molar-refractivity contribution in [3.63, 3.8) is 0 Å². The van der Waals surface area contributed by atoms with Gasteiger partial charge in [-0.3, -0.25) is 18.8 Å². The highest BCUT2D eigenvalue weighted by Crippen LogP contribution is 2.33. The molecule has 244 valence electrons. The SMILES string of the molecule is CCOc1ccc(-n2c([C@@H](C)N(Cc3cc(C)nn3C)C(=O)Cc3ccc(F)c(C(F)(F)F)c3)nc3c(c2=O)CCCN3C)cc1. The van der Waals surface area contributed by atoms with E-state index in [4.69, 9.17) is 9.72 Å². The number of anilines is 1. The highest BCUT2D eigenvalue weighted by molar-refractivity contribution is 5.79. The van der Waals surface area contributed by atoms with Crippen LogP contribution in [0.2, 0.25) is 0 Å². The monoisotopic (exact) mass is 640 g/mol. The third kappa shape index (κ3) is 6.63. The van der Waals surface area contributed by atoms with Crippen LogP contribution in [0.25, 0.3) is 5.69 Å². The molecule has 0 saturated carbocycles. The van der Waals surface area contributed by atoms with Crippen molar-refractivity contribution in [1.82, 2.24) is 24.2 Å². The lowest BCUT2D eigenvalue weighted by atomic mass is 10.0. The second-order valence-electron chi connectivity index (χ2n) is 11.5. The normalized spacial score (nSPS) is 13.8. The molecule has 3 heterocycles. The van der Waals surface area contributed by atoms with Crippen molar-refractivity contribution in [1.29, 1.82) is 0 Å². The summed E-state index contributed by atoms with van der Waals surface area (Å²) in [6.07, 6.45) is -4.04. The van der Waals surface area contributed by atoms with Crippen LogP contribution in [0.3, 0.4) is 0 Å². The lowest BCUT2D eigenvalue weighted by Crippen LogP contribution is -2.41. The molecule has 2 aromatic carbocycles. The summed E-state index contributed by atoms with van der Waals surface area (Å²) >= 11 is 0. The highest BCUT2D eigenvalue weighted by atomic mass is 19.4. The van der Waals surface area contributed by atoms with E-state index in [1.807, 2.05) is 18.9 Å². The lowest BCUT2D eigenvalue weighted by molar-refractivity contribution is -0.140. The van der Waals surface area contributed by atoms with Crippen molar-refractivity contribution >= 4 is 11.7 Å². The first-order valence-corrected chi connectivity index (χ1v) is 15.0. The number of aromatic nitrogens is 4. The third-order valence-corrected chi connectivity index (χ3v) is 8.15. The molecule has 0 unspecified atom stereocenters. The van der Waals surface area contributed by atoms with Gasteiger partial charge < -0.3 is 14.5 Å². The van der Waals surface area contributed by atoms with E-state index in [-0.39, 0.29) is 23.5 Å². The predicted molar refractivity (Wildman–Crippen MR) is 165 cm³/mol. The smallest absolute Gasteiger partial charge is 0.419 e. The van der Waals surface area contributed by atoms with Gasteiger partial charge in [0.25, 0.3) is 5.56 Å². The second-order valence-corrected chi connectivity index (χ2v) is 11.5. The number of benzene rings is 2. The summed E-state index contributed by atoms with van der Waals surface area (Å²) in [5.74, 6) is -0.521. The van der Waals surface area contributed by atoms with E-state index in [0.717, 1.165) is 6.42 Å². The summed E-state index contributed by atoms with van der Waals surface area (Å²) in [4.78, 5) is 36.6. The van der Waals surface area contributed by atoms with Crippen LogP contribution in [0.1, 0.15) is 60.2 Å². The zero-order chi connectivity index (χ0) is 33.3. The standard InChI is InChI=1S/C33H36F4N6O3/c1-6-46-25-12-10-23(11-13-25)43-30(38-31-26(32(43)45)8-7-15-40(31)4)21(3)42(19-24-16-20(2)39-41(24)5)29(44)18-22-9-14-28(34)27(17-22)33(35,36)37/h9-14,16-17,21H,6-8,15,18-19H2,1-5H3/t21-/m1/s1. The number of alkyl halides is 3. The molecule has 2 aromatic heterocycles. The second kappa shape index (κ2) is 13.0. The zero-order valence-corrected chi connectivity index (χ0v) is 26.4. The number of aryl methyl sites for hydroxylation is 2. The Morgan fingerprint density at radius 1 is 1.11 bits per heavy atom. The molecule has 13 heteroatoms. The van der Waals surface area contributed by atoms with E-state index in [9.17, 15) is 27.2 Å². The molecule has 9 nitrogen and oxygen atoms in total. The van der Waals surface area contributed by atoms with Gasteiger partial charge in [-0.1, -0.05) is 6.07 Å². The largest absolute Gasteiger partial charge is 0.494 e. The van der Waals surface area contributed by atoms with Crippen LogP contribution >= 0.6 is 0 Å². The van der Waals surface area contributed by atoms with Gasteiger partial charge in [0.15, 0.2) is 0 Å². The molecule has 0 aliphatic carbocycles. The van der Waals surface area contributed by atoms with Gasteiger partial charge in [-0.05, 0) is 81.6 Å². The highest BCUT2D eigenvalue weighted by Gasteiger charge is 2.35. The molecular formula is C33H36F4N6O3. The molecule has 1 amide bonds. The zero-order valence-electron chi connectivity index (χ0n) is 26.4. The van der Waals surface area contributed by atoms with Gasteiger partial charge in [0.2, 0.25) is 5.91 Å². The number of hydrogen-bond acceptors (Lipinski definition) is 6. The van der Waals surface area contributed by atoms with Gasteiger partial charge in [-0.15, -0.1) is 0 Å². The molecule has 46 heavy (non-hydrogen) atoms. The number of fused-ring (bicyclic) bond motifs is 1. The van der Waals surface area contributed by atoms with Crippen molar-refractivity contribution in [3.05, 3.63) is 98.6 Å². The number of rotatable bonds is 9. The van der Waals surface area contributed by atoms with Crippen LogP contribution < -0.4 is 15.2 Å². The minimum absolute atomic E-state index is 0.000788. The predicted octanol–water partition coefficient (Wildman–Crippen LogP) is 5.55. The molecule has 0 bridgehead atoms. The molecular weight excluding hydrogens is 604 g/mol. The van der Waals surface area contributed by atoms with E-state index >= 15 is 0 Å². The maximum absolute atomic E-state index is 14.2. The van der Waals surface area contributed by atoms with Crippen LogP contribution in [0.15, 0.2) is 53.3 Å². The van der Waals surface area contributed by atoms with Crippen molar-refractivity contribution in [2.24, 2.45) is 7.05 Å². The average Bonchev–Trinajstić information content (AvgIpc) is 3.33. The van der Waals surface area contributed by atoms with E-state index in [0.29, 0.717) is 65.9 Å². The van der Waals surface area contributed by atoms with Crippen molar-refractivity contribution < 1.29 is 27.1 Å². The van der Waals surface area contributed by atoms with Gasteiger partial charge in [0.05, 0.1) is 53.8 Å². The van der Waals surface area contributed by atoms with Crippen molar-refractivity contribution in [2.75, 3.05) is 25.1 Å². The molecule has 0 saturated heterocycles. The number of hydrogen-bond donors (Lipinski definition) is 0. The molecule has 0 N–H and O–H groups in total. The summed E-state index contributed by atoms with van der Waals surface area (Å²) in [6, 6.07) is 10.5. The lowest BCUT2D eigenvalue weighted by Gasteiger charge is -2.33. The minimum Gasteiger partial charge on any atom is -0.494 e. The third-order valence-electron chi connectivity index (χ3n) is 8.15. The first-order chi connectivity index (χ1) is 21.8. The van der Waals surface area contributed by atoms with Gasteiger partial charge in [0, 0.05) is 20.6 Å². The van der Waals surface area contributed by atoms with Crippen molar-refractivity contribution in [2.45, 2.75) is 58.8 Å². The fourth-order valence-corrected chi connectivity index (χ4v) is 5.82. The van der Waals surface area contributed by atoms with Crippen LogP contribution in [-0.4, -0.2) is 50.3 Å². The summed E-state index contributed by atoms with van der Waals surface area (Å²) in [7, 11) is 3.58. The Kier molecular flexibility index (Phi) is 9.22. The molecule has 5 rings (SSSR count). The molecule has 1 atom stereocenters. The quantitative estimate of drug-likeness (QED) is 0.223. The summed E-state index contributed by atoms with van der Waals surface area (Å²) in [5.41, 5.74) is 0.756. The number of halogens is 4. The Balaban J connectivity index is 1.63. The van der Waals surface area contributed by atoms with E-state index in [1.54, 1.807) is 55.9 Å². The fraction of sp³-hybridized carbons (Fsp3) is 0.394. The molecule has 4 aromatic rings. The van der Waals surface area contributed by atoms with Crippen LogP contribution in [0.4, 0.5) is 23.4 Å². The number of amides is 1. The molecule has 1 aliphatic heterocycles. The molecule has 0 radical (unpaired) electrons. The van der Waals surface area contributed by atoms with Crippen molar-refractivity contribution in [3.8, 4) is 11.4 Å². The number of ether oxygens (including phenoxy) is 1.